The smallest absolute Gasteiger partial charge is 0.321 e. The molecular weight excluding hydrogens is 693 g/mol. The van der Waals surface area contributed by atoms with Gasteiger partial charge >= 0.3 is 6.03 Å². The van der Waals surface area contributed by atoms with Crippen LogP contribution < -0.4 is 5.32 Å². The fraction of sp³-hybridized carbons (Fsp3) is 0.400. The molecule has 3 aromatic carbocycles. The monoisotopic (exact) mass is 742 g/mol. The Labute approximate surface area is 312 Å². The van der Waals surface area contributed by atoms with Crippen LogP contribution in [0.15, 0.2) is 101 Å². The number of aromatic nitrogens is 1. The molecule has 282 valence electrons. The van der Waals surface area contributed by atoms with Crippen molar-refractivity contribution in [3.05, 3.63) is 108 Å². The van der Waals surface area contributed by atoms with Gasteiger partial charge in [-0.25, -0.2) is 13.2 Å². The second-order valence-corrected chi connectivity index (χ2v) is 16.1. The Kier molecular flexibility index (Phi) is 13.2. The lowest BCUT2D eigenvalue weighted by molar-refractivity contribution is -0.128. The molecule has 12 nitrogen and oxygen atoms in total. The van der Waals surface area contributed by atoms with Crippen molar-refractivity contribution in [3.8, 4) is 0 Å². The fourth-order valence-corrected chi connectivity index (χ4v) is 8.32. The predicted molar refractivity (Wildman–Crippen MR) is 205 cm³/mol. The largest absolute Gasteiger partial charge is 0.411 e. The number of oxime groups is 1. The van der Waals surface area contributed by atoms with E-state index in [-0.39, 0.29) is 42.3 Å². The van der Waals surface area contributed by atoms with Gasteiger partial charge in [0.25, 0.3) is 0 Å². The molecule has 0 aliphatic carbocycles. The summed E-state index contributed by atoms with van der Waals surface area (Å²) in [6.45, 7) is 8.63. The van der Waals surface area contributed by atoms with Crippen LogP contribution in [0, 0.1) is 11.8 Å². The lowest BCUT2D eigenvalue weighted by Gasteiger charge is -2.35. The number of sulfonamides is 1. The van der Waals surface area contributed by atoms with E-state index in [1.165, 1.54) is 34.8 Å². The minimum atomic E-state index is -4.07. The number of urea groups is 1. The summed E-state index contributed by atoms with van der Waals surface area (Å²) in [6, 6.07) is 25.1. The molecule has 1 fully saturated rings. The predicted octanol–water partition coefficient (Wildman–Crippen LogP) is 5.13. The molecule has 3 amide bonds. The third-order valence-corrected chi connectivity index (χ3v) is 11.5. The molecule has 13 heteroatoms. The molecule has 0 bridgehead atoms. The number of carbonyl (C=O) groups excluding carboxylic acids is 2. The summed E-state index contributed by atoms with van der Waals surface area (Å²) in [5.41, 5.74) is 2.97. The van der Waals surface area contributed by atoms with Gasteiger partial charge in [-0.15, -0.1) is 0 Å². The molecule has 5 rings (SSSR count). The van der Waals surface area contributed by atoms with Crippen molar-refractivity contribution in [2.24, 2.45) is 17.0 Å². The van der Waals surface area contributed by atoms with Crippen LogP contribution in [0.2, 0.25) is 0 Å². The molecule has 4 atom stereocenters. The van der Waals surface area contributed by atoms with Crippen molar-refractivity contribution in [1.29, 1.82) is 0 Å². The molecule has 53 heavy (non-hydrogen) atoms. The van der Waals surface area contributed by atoms with E-state index in [1.807, 2.05) is 94.4 Å². The van der Waals surface area contributed by atoms with Gasteiger partial charge in [0.1, 0.15) is 6.04 Å². The zero-order chi connectivity index (χ0) is 38.1. The van der Waals surface area contributed by atoms with Crippen molar-refractivity contribution < 1.29 is 28.3 Å². The average Bonchev–Trinajstić information content (AvgIpc) is 3.49. The van der Waals surface area contributed by atoms with Gasteiger partial charge in [0.15, 0.2) is 0 Å². The summed E-state index contributed by atoms with van der Waals surface area (Å²) >= 11 is 0. The van der Waals surface area contributed by atoms with Crippen molar-refractivity contribution in [1.82, 2.24) is 24.4 Å². The molecule has 1 saturated heterocycles. The van der Waals surface area contributed by atoms with E-state index in [0.29, 0.717) is 31.6 Å². The molecule has 0 radical (unpaired) electrons. The fourth-order valence-electron chi connectivity index (χ4n) is 6.70. The number of amides is 3. The molecule has 0 saturated carbocycles. The Hall–Kier alpha value is -4.85. The Morgan fingerprint density at radius 2 is 1.66 bits per heavy atom. The number of benzene rings is 3. The first-order chi connectivity index (χ1) is 25.4. The normalized spacial score (nSPS) is 16.1. The minimum Gasteiger partial charge on any atom is -0.411 e. The van der Waals surface area contributed by atoms with Gasteiger partial charge in [0.2, 0.25) is 15.9 Å². The third-order valence-electron chi connectivity index (χ3n) is 9.70. The van der Waals surface area contributed by atoms with Crippen molar-refractivity contribution in [2.45, 2.75) is 70.2 Å². The molecule has 3 N–H and O–H groups in total. The zero-order valence-corrected chi connectivity index (χ0v) is 31.6. The number of hydrogen-bond donors (Lipinski definition) is 3. The van der Waals surface area contributed by atoms with Gasteiger partial charge in [-0.05, 0) is 53.6 Å². The summed E-state index contributed by atoms with van der Waals surface area (Å²) < 4.78 is 29.1. The van der Waals surface area contributed by atoms with Crippen LogP contribution in [-0.4, -0.2) is 100 Å². The van der Waals surface area contributed by atoms with E-state index in [9.17, 15) is 23.1 Å². The topological polar surface area (TPSA) is 156 Å². The van der Waals surface area contributed by atoms with E-state index < -0.39 is 34.1 Å². The number of nitrogens with zero attached hydrogens (tertiary/aromatic N) is 5. The van der Waals surface area contributed by atoms with Crippen LogP contribution in [0.4, 0.5) is 4.79 Å². The summed E-state index contributed by atoms with van der Waals surface area (Å²) in [4.78, 5) is 36.3. The second kappa shape index (κ2) is 17.8. The number of hydrogen-bond acceptors (Lipinski definition) is 8. The lowest BCUT2D eigenvalue weighted by Crippen LogP contribution is -2.57. The minimum absolute atomic E-state index is 0.0249. The molecular formula is C40H50N6O6S. The summed E-state index contributed by atoms with van der Waals surface area (Å²) in [5, 5.41) is 27.8. The van der Waals surface area contributed by atoms with Gasteiger partial charge in [-0.1, -0.05) is 106 Å². The van der Waals surface area contributed by atoms with Gasteiger partial charge in [0, 0.05) is 31.6 Å². The lowest BCUT2D eigenvalue weighted by atomic mass is 9.95. The molecule has 1 aliphatic heterocycles. The first kappa shape index (κ1) is 39.4. The van der Waals surface area contributed by atoms with E-state index >= 15 is 0 Å². The SMILES string of the molecule is CC[C@H](C)[C@@H](C(=O)N[C@@H](Cc1ccccc1)[C@H](O)CN(CC(C)C)S(=O)(=O)c1ccc(/C=N/O)cc1)N1CCN(Cc2ccc3ccccc3n2)C1=O. The standard InChI is InChI=1S/C40H50N6O6S/c1-5-29(4)38(46-22-21-44(40(46)49)26-33-18-17-32-13-9-10-14-35(32)42-33)39(48)43-36(23-30-11-7-6-8-12-30)37(47)27-45(25-28(2)3)53(51,52)34-19-15-31(16-20-34)24-41-50/h6-20,24,28-29,36-38,47,50H,5,21-23,25-27H2,1-4H3,(H,43,48)/b41-24+/t29-,36-,37+,38-/m0/s1. The quantitative estimate of drug-likeness (QED) is 0.0770. The van der Waals surface area contributed by atoms with Crippen LogP contribution in [0.3, 0.4) is 0 Å². The molecule has 1 aliphatic rings. The van der Waals surface area contributed by atoms with Crippen molar-refractivity contribution in [2.75, 3.05) is 26.2 Å². The molecule has 1 aromatic heterocycles. The number of fused-ring (bicyclic) bond motifs is 1. The summed E-state index contributed by atoms with van der Waals surface area (Å²) in [7, 11) is -4.07. The van der Waals surface area contributed by atoms with E-state index in [2.05, 4.69) is 10.5 Å². The number of aliphatic hydroxyl groups excluding tert-OH is 1. The average molecular weight is 743 g/mol. The first-order valence-electron chi connectivity index (χ1n) is 18.1. The van der Waals surface area contributed by atoms with Gasteiger partial charge in [-0.2, -0.15) is 4.31 Å². The van der Waals surface area contributed by atoms with Crippen LogP contribution in [-0.2, 0) is 27.8 Å². The Morgan fingerprint density at radius 1 is 0.962 bits per heavy atom. The van der Waals surface area contributed by atoms with Gasteiger partial charge in [-0.3, -0.25) is 9.78 Å². The molecule has 2 heterocycles. The second-order valence-electron chi connectivity index (χ2n) is 14.1. The highest BCUT2D eigenvalue weighted by Crippen LogP contribution is 2.24. The third kappa shape index (κ3) is 9.78. The number of nitrogens with one attached hydrogen (secondary N) is 1. The maximum absolute atomic E-state index is 14.4. The number of aliphatic hydroxyl groups is 1. The highest BCUT2D eigenvalue weighted by atomic mass is 32.2. The number of carbonyl (C=O) groups is 2. The number of pyridine rings is 1. The zero-order valence-electron chi connectivity index (χ0n) is 30.7. The first-order valence-corrected chi connectivity index (χ1v) is 19.6. The summed E-state index contributed by atoms with van der Waals surface area (Å²) in [5.74, 6) is -0.676. The van der Waals surface area contributed by atoms with E-state index in [0.717, 1.165) is 22.2 Å². The molecule has 0 spiro atoms. The van der Waals surface area contributed by atoms with Gasteiger partial charge < -0.3 is 25.4 Å². The van der Waals surface area contributed by atoms with Gasteiger partial charge in [0.05, 0.1) is 41.0 Å². The highest BCUT2D eigenvalue weighted by Gasteiger charge is 2.41. The van der Waals surface area contributed by atoms with Crippen LogP contribution in [0.25, 0.3) is 10.9 Å². The van der Waals surface area contributed by atoms with Crippen LogP contribution in [0.5, 0.6) is 0 Å². The summed E-state index contributed by atoms with van der Waals surface area (Å²) in [6.07, 6.45) is 0.768. The Balaban J connectivity index is 1.37. The Morgan fingerprint density at radius 3 is 2.34 bits per heavy atom. The molecule has 0 unspecified atom stereocenters. The van der Waals surface area contributed by atoms with E-state index in [4.69, 9.17) is 10.2 Å². The highest BCUT2D eigenvalue weighted by molar-refractivity contribution is 7.89. The van der Waals surface area contributed by atoms with Crippen molar-refractivity contribution in [3.63, 3.8) is 0 Å². The maximum atomic E-state index is 14.4. The number of para-hydroxylation sites is 1. The Bertz CT molecular complexity index is 1970. The molecule has 4 aromatic rings. The maximum Gasteiger partial charge on any atom is 0.321 e. The van der Waals surface area contributed by atoms with Crippen LogP contribution in [0.1, 0.15) is 50.9 Å². The van der Waals surface area contributed by atoms with Crippen LogP contribution >= 0.6 is 0 Å². The van der Waals surface area contributed by atoms with Crippen molar-refractivity contribution >= 4 is 39.1 Å². The van der Waals surface area contributed by atoms with E-state index in [1.54, 1.807) is 9.80 Å². The number of rotatable bonds is 17.